The molecule has 0 aromatic heterocycles. The fraction of sp³-hybridized carbons (Fsp3) is 0.0357. The van der Waals surface area contributed by atoms with E-state index in [2.05, 4.69) is 128 Å². The second-order valence-corrected chi connectivity index (χ2v) is 15.7. The molecule has 0 heterocycles. The first-order chi connectivity index (χ1) is 29.2. The Morgan fingerprint density at radius 2 is 0.817 bits per heavy atom. The van der Waals surface area contributed by atoms with Crippen molar-refractivity contribution in [2.75, 3.05) is 0 Å². The molecule has 0 atom stereocenters. The van der Waals surface area contributed by atoms with E-state index in [1.165, 1.54) is 23.8 Å². The van der Waals surface area contributed by atoms with E-state index in [0.717, 1.165) is 104 Å². The highest BCUT2D eigenvalue weighted by Gasteiger charge is 2.30. The van der Waals surface area contributed by atoms with Crippen LogP contribution in [0.4, 0.5) is 17.6 Å². The Balaban J connectivity index is 1.35. The second kappa shape index (κ2) is 13.6. The summed E-state index contributed by atoms with van der Waals surface area (Å²) >= 11 is 0. The van der Waals surface area contributed by atoms with Gasteiger partial charge in [0.2, 0.25) is 0 Å². The van der Waals surface area contributed by atoms with Crippen LogP contribution in [0, 0.1) is 12.7 Å². The molecule has 0 aliphatic carbocycles. The standard InChI is InChI=1S/C56H34F4/c1-33-17-19-34(20-18-33)36-21-24-48-52(29-36)55(51-32-39-28-41(57)23-26-43(39)45-14-5-7-16-47(45)51)49-25-22-37(35-10-8-11-40(27-35)56(58,59)60)30-53(49)54(48)50-31-38-9-2-3-12-42(38)44-13-4-6-15-46(44)50/h2-32H,1H3. The second-order valence-electron chi connectivity index (χ2n) is 15.7. The summed E-state index contributed by atoms with van der Waals surface area (Å²) in [6.45, 7) is 2.08. The molecule has 0 aliphatic heterocycles. The lowest BCUT2D eigenvalue weighted by molar-refractivity contribution is -0.137. The van der Waals surface area contributed by atoms with Crippen molar-refractivity contribution in [1.82, 2.24) is 0 Å². The van der Waals surface area contributed by atoms with Crippen molar-refractivity contribution in [2.24, 2.45) is 0 Å². The molecule has 0 saturated carbocycles. The Morgan fingerprint density at radius 3 is 1.43 bits per heavy atom. The van der Waals surface area contributed by atoms with Crippen LogP contribution in [0.25, 0.3) is 109 Å². The van der Waals surface area contributed by atoms with E-state index in [1.807, 2.05) is 30.3 Å². The number of benzene rings is 11. The van der Waals surface area contributed by atoms with Gasteiger partial charge in [0.05, 0.1) is 5.56 Å². The molecule has 4 heteroatoms. The van der Waals surface area contributed by atoms with E-state index in [-0.39, 0.29) is 5.82 Å². The summed E-state index contributed by atoms with van der Waals surface area (Å²) in [5.74, 6) is -0.315. The van der Waals surface area contributed by atoms with Crippen molar-refractivity contribution in [3.63, 3.8) is 0 Å². The molecular formula is C56H34F4. The zero-order valence-corrected chi connectivity index (χ0v) is 32.4. The average Bonchev–Trinajstić information content (AvgIpc) is 3.27. The number of rotatable bonds is 4. The maximum atomic E-state index is 15.1. The maximum absolute atomic E-state index is 15.1. The quantitative estimate of drug-likeness (QED) is 0.0948. The molecule has 0 unspecified atom stereocenters. The smallest absolute Gasteiger partial charge is 0.207 e. The van der Waals surface area contributed by atoms with Crippen molar-refractivity contribution in [3.05, 3.63) is 205 Å². The summed E-state index contributed by atoms with van der Waals surface area (Å²) < 4.78 is 57.4. The summed E-state index contributed by atoms with van der Waals surface area (Å²) in [4.78, 5) is 0. The van der Waals surface area contributed by atoms with Gasteiger partial charge in [-0.1, -0.05) is 145 Å². The van der Waals surface area contributed by atoms with Crippen molar-refractivity contribution >= 4 is 64.6 Å². The van der Waals surface area contributed by atoms with Crippen LogP contribution in [0.3, 0.4) is 0 Å². The van der Waals surface area contributed by atoms with E-state index in [1.54, 1.807) is 12.1 Å². The van der Waals surface area contributed by atoms with E-state index in [9.17, 15) is 13.2 Å². The first-order valence-corrected chi connectivity index (χ1v) is 20.0. The number of hydrogen-bond acceptors (Lipinski definition) is 0. The van der Waals surface area contributed by atoms with Gasteiger partial charge in [0.1, 0.15) is 5.82 Å². The Morgan fingerprint density at radius 1 is 0.333 bits per heavy atom. The van der Waals surface area contributed by atoms with Crippen LogP contribution in [-0.2, 0) is 6.18 Å². The normalized spacial score (nSPS) is 12.1. The Hall–Kier alpha value is -7.30. The van der Waals surface area contributed by atoms with Gasteiger partial charge in [-0.05, 0) is 165 Å². The Labute approximate surface area is 343 Å². The van der Waals surface area contributed by atoms with E-state index < -0.39 is 11.7 Å². The molecule has 0 fully saturated rings. The number of halogens is 4. The Bertz CT molecular complexity index is 3540. The lowest BCUT2D eigenvalue weighted by Gasteiger charge is -2.22. The molecule has 11 aromatic carbocycles. The van der Waals surface area contributed by atoms with Crippen molar-refractivity contribution in [3.8, 4) is 44.5 Å². The number of hydrogen-bond donors (Lipinski definition) is 0. The third-order valence-corrected chi connectivity index (χ3v) is 12.2. The predicted octanol–water partition coefficient (Wildman–Crippen LogP) is 16.7. The molecule has 0 nitrogen and oxygen atoms in total. The lowest BCUT2D eigenvalue weighted by atomic mass is 9.81. The van der Waals surface area contributed by atoms with Crippen molar-refractivity contribution in [1.29, 1.82) is 0 Å². The van der Waals surface area contributed by atoms with Crippen molar-refractivity contribution < 1.29 is 17.6 Å². The molecule has 60 heavy (non-hydrogen) atoms. The van der Waals surface area contributed by atoms with E-state index in [0.29, 0.717) is 11.1 Å². The third-order valence-electron chi connectivity index (χ3n) is 12.2. The summed E-state index contributed by atoms with van der Waals surface area (Å²) in [5, 5.41) is 12.0. The molecule has 0 saturated heterocycles. The van der Waals surface area contributed by atoms with Crippen LogP contribution >= 0.6 is 0 Å². The summed E-state index contributed by atoms with van der Waals surface area (Å²) in [7, 11) is 0. The van der Waals surface area contributed by atoms with Gasteiger partial charge in [-0.25, -0.2) is 4.39 Å². The molecule has 0 bridgehead atoms. The summed E-state index contributed by atoms with van der Waals surface area (Å²) in [6.07, 6.45) is -4.49. The van der Waals surface area contributed by atoms with Gasteiger partial charge in [0.15, 0.2) is 0 Å². The highest BCUT2D eigenvalue weighted by Crippen LogP contribution is 2.50. The fourth-order valence-corrected chi connectivity index (χ4v) is 9.34. The van der Waals surface area contributed by atoms with Crippen LogP contribution in [-0.4, -0.2) is 0 Å². The average molecular weight is 783 g/mol. The highest BCUT2D eigenvalue weighted by atomic mass is 19.4. The number of alkyl halides is 3. The molecule has 0 radical (unpaired) electrons. The first-order valence-electron chi connectivity index (χ1n) is 20.0. The molecule has 0 spiro atoms. The largest absolute Gasteiger partial charge is 0.416 e. The lowest BCUT2D eigenvalue weighted by Crippen LogP contribution is -2.04. The minimum atomic E-state index is -4.49. The summed E-state index contributed by atoms with van der Waals surface area (Å²) in [6, 6.07) is 61.1. The number of aryl methyl sites for hydroxylation is 1. The van der Waals surface area contributed by atoms with Crippen LogP contribution in [0.2, 0.25) is 0 Å². The van der Waals surface area contributed by atoms with Gasteiger partial charge in [-0.3, -0.25) is 0 Å². The predicted molar refractivity (Wildman–Crippen MR) is 243 cm³/mol. The summed E-state index contributed by atoms with van der Waals surface area (Å²) in [5.41, 5.74) is 7.69. The maximum Gasteiger partial charge on any atom is 0.416 e. The van der Waals surface area contributed by atoms with Gasteiger partial charge < -0.3 is 0 Å². The monoisotopic (exact) mass is 782 g/mol. The SMILES string of the molecule is Cc1ccc(-c2ccc3c(-c4cc5ccccc5c5ccccc45)c4cc(-c5cccc(C(F)(F)F)c5)ccc4c(-c4cc5cc(F)ccc5c5ccccc45)c3c2)cc1. The molecule has 0 amide bonds. The molecule has 11 rings (SSSR count). The topological polar surface area (TPSA) is 0 Å². The van der Waals surface area contributed by atoms with Gasteiger partial charge in [-0.2, -0.15) is 13.2 Å². The third kappa shape index (κ3) is 5.82. The molecule has 11 aromatic rings. The zero-order valence-electron chi connectivity index (χ0n) is 32.4. The molecule has 0 aliphatic rings. The van der Waals surface area contributed by atoms with Crippen LogP contribution in [0.5, 0.6) is 0 Å². The van der Waals surface area contributed by atoms with Gasteiger partial charge in [0, 0.05) is 0 Å². The van der Waals surface area contributed by atoms with Gasteiger partial charge in [0.25, 0.3) is 0 Å². The van der Waals surface area contributed by atoms with Crippen LogP contribution in [0.1, 0.15) is 11.1 Å². The van der Waals surface area contributed by atoms with Crippen molar-refractivity contribution in [2.45, 2.75) is 13.1 Å². The van der Waals surface area contributed by atoms with Crippen LogP contribution in [0.15, 0.2) is 188 Å². The number of fused-ring (bicyclic) bond motifs is 8. The first kappa shape index (κ1) is 35.8. The van der Waals surface area contributed by atoms with Gasteiger partial charge >= 0.3 is 6.18 Å². The highest BCUT2D eigenvalue weighted by molar-refractivity contribution is 6.29. The minimum absolute atomic E-state index is 0.315. The Kier molecular flexibility index (Phi) is 8.15. The van der Waals surface area contributed by atoms with Gasteiger partial charge in [-0.15, -0.1) is 0 Å². The molecule has 286 valence electrons. The van der Waals surface area contributed by atoms with E-state index >= 15 is 4.39 Å². The minimum Gasteiger partial charge on any atom is -0.207 e. The molecule has 0 N–H and O–H groups in total. The fourth-order valence-electron chi connectivity index (χ4n) is 9.34. The van der Waals surface area contributed by atoms with Crippen LogP contribution < -0.4 is 0 Å². The zero-order chi connectivity index (χ0) is 40.7. The molecular weight excluding hydrogens is 749 g/mol. The van der Waals surface area contributed by atoms with E-state index in [4.69, 9.17) is 0 Å².